The standard InChI is InChI=1S/C16H29ClO4/c1-2-9-21-16(20)8-6-4-3-5-7-12-13(11-18)15(19)10-14(12)17/h12-15,18-19H,2-11H2,1H3/t12-,13-,14-,15-/m1/s1. The summed E-state index contributed by atoms with van der Waals surface area (Å²) in [5.41, 5.74) is 0. The second kappa shape index (κ2) is 10.4. The highest BCUT2D eigenvalue weighted by atomic mass is 35.5. The number of carbonyl (C=O) groups is 1. The molecule has 0 aliphatic heterocycles. The van der Waals surface area contributed by atoms with Gasteiger partial charge in [-0.2, -0.15) is 0 Å². The third-order valence-corrected chi connectivity index (χ3v) is 4.82. The normalized spacial score (nSPS) is 28.8. The molecule has 0 aromatic carbocycles. The molecule has 0 aromatic rings. The van der Waals surface area contributed by atoms with E-state index in [4.69, 9.17) is 16.3 Å². The van der Waals surface area contributed by atoms with Crippen LogP contribution in [0.25, 0.3) is 0 Å². The van der Waals surface area contributed by atoms with Gasteiger partial charge in [-0.15, -0.1) is 11.6 Å². The second-order valence-electron chi connectivity index (χ2n) is 6.00. The van der Waals surface area contributed by atoms with Crippen molar-refractivity contribution in [3.8, 4) is 0 Å². The van der Waals surface area contributed by atoms with E-state index in [0.717, 1.165) is 38.5 Å². The van der Waals surface area contributed by atoms with Crippen molar-refractivity contribution in [3.05, 3.63) is 0 Å². The fourth-order valence-electron chi connectivity index (χ4n) is 3.08. The van der Waals surface area contributed by atoms with Crippen LogP contribution in [0.3, 0.4) is 0 Å². The number of rotatable bonds is 10. The van der Waals surface area contributed by atoms with E-state index < -0.39 is 6.10 Å². The molecule has 0 bridgehead atoms. The highest BCUT2D eigenvalue weighted by molar-refractivity contribution is 6.21. The van der Waals surface area contributed by atoms with E-state index >= 15 is 0 Å². The fourth-order valence-corrected chi connectivity index (χ4v) is 3.57. The topological polar surface area (TPSA) is 66.8 Å². The molecule has 1 fully saturated rings. The van der Waals surface area contributed by atoms with Gasteiger partial charge in [-0.3, -0.25) is 4.79 Å². The zero-order valence-corrected chi connectivity index (χ0v) is 13.7. The molecule has 0 heterocycles. The average molecular weight is 321 g/mol. The van der Waals surface area contributed by atoms with E-state index in [2.05, 4.69) is 0 Å². The lowest BCUT2D eigenvalue weighted by atomic mass is 9.90. The van der Waals surface area contributed by atoms with Crippen molar-refractivity contribution in [2.45, 2.75) is 69.8 Å². The Bertz CT molecular complexity index is 298. The van der Waals surface area contributed by atoms with Crippen LogP contribution in [0.15, 0.2) is 0 Å². The van der Waals surface area contributed by atoms with Crippen molar-refractivity contribution in [2.24, 2.45) is 11.8 Å². The molecule has 4 atom stereocenters. The predicted octanol–water partition coefficient (Wildman–Crippen LogP) is 2.88. The molecule has 1 saturated carbocycles. The highest BCUT2D eigenvalue weighted by Crippen LogP contribution is 2.39. The molecular formula is C16H29ClO4. The summed E-state index contributed by atoms with van der Waals surface area (Å²) < 4.78 is 5.02. The first-order chi connectivity index (χ1) is 10.1. The van der Waals surface area contributed by atoms with Gasteiger partial charge in [-0.25, -0.2) is 0 Å². The van der Waals surface area contributed by atoms with Crippen LogP contribution in [-0.4, -0.2) is 40.9 Å². The van der Waals surface area contributed by atoms with E-state index in [9.17, 15) is 15.0 Å². The molecule has 2 N–H and O–H groups in total. The quantitative estimate of drug-likeness (QED) is 0.369. The van der Waals surface area contributed by atoms with Crippen molar-refractivity contribution in [2.75, 3.05) is 13.2 Å². The fraction of sp³-hybridized carbons (Fsp3) is 0.938. The summed E-state index contributed by atoms with van der Waals surface area (Å²) in [6, 6.07) is 0. The predicted molar refractivity (Wildman–Crippen MR) is 83.3 cm³/mol. The van der Waals surface area contributed by atoms with Crippen LogP contribution in [0.5, 0.6) is 0 Å². The first-order valence-corrected chi connectivity index (χ1v) is 8.62. The Hall–Kier alpha value is -0.320. The van der Waals surface area contributed by atoms with Gasteiger partial charge in [0, 0.05) is 24.3 Å². The first kappa shape index (κ1) is 18.7. The largest absolute Gasteiger partial charge is 0.466 e. The summed E-state index contributed by atoms with van der Waals surface area (Å²) in [4.78, 5) is 11.3. The molecule has 0 spiro atoms. The molecule has 0 amide bonds. The van der Waals surface area contributed by atoms with Gasteiger partial charge >= 0.3 is 5.97 Å². The maximum absolute atomic E-state index is 11.3. The van der Waals surface area contributed by atoms with Crippen molar-refractivity contribution < 1.29 is 19.7 Å². The van der Waals surface area contributed by atoms with Gasteiger partial charge in [0.2, 0.25) is 0 Å². The van der Waals surface area contributed by atoms with Crippen LogP contribution < -0.4 is 0 Å². The number of halogens is 1. The van der Waals surface area contributed by atoms with Gasteiger partial charge in [0.1, 0.15) is 0 Å². The van der Waals surface area contributed by atoms with E-state index in [1.807, 2.05) is 6.92 Å². The molecular weight excluding hydrogens is 292 g/mol. The van der Waals surface area contributed by atoms with E-state index in [1.54, 1.807) is 0 Å². The number of hydrogen-bond acceptors (Lipinski definition) is 4. The van der Waals surface area contributed by atoms with Crippen molar-refractivity contribution in [1.29, 1.82) is 0 Å². The number of alkyl halides is 1. The summed E-state index contributed by atoms with van der Waals surface area (Å²) >= 11 is 6.24. The van der Waals surface area contributed by atoms with E-state index in [0.29, 0.717) is 19.4 Å². The summed E-state index contributed by atoms with van der Waals surface area (Å²) in [5, 5.41) is 19.1. The van der Waals surface area contributed by atoms with Crippen LogP contribution in [0.2, 0.25) is 0 Å². The van der Waals surface area contributed by atoms with Crippen molar-refractivity contribution in [1.82, 2.24) is 0 Å². The molecule has 1 aliphatic carbocycles. The Morgan fingerprint density at radius 1 is 1.24 bits per heavy atom. The Kier molecular flexibility index (Phi) is 9.29. The Balaban J connectivity index is 2.07. The van der Waals surface area contributed by atoms with Crippen LogP contribution in [0.1, 0.15) is 58.3 Å². The minimum atomic E-state index is -0.462. The number of carbonyl (C=O) groups excluding carboxylic acids is 1. The van der Waals surface area contributed by atoms with Gasteiger partial charge in [0.05, 0.1) is 12.7 Å². The smallest absolute Gasteiger partial charge is 0.305 e. The summed E-state index contributed by atoms with van der Waals surface area (Å²) in [7, 11) is 0. The first-order valence-electron chi connectivity index (χ1n) is 8.18. The van der Waals surface area contributed by atoms with Gasteiger partial charge in [-0.05, 0) is 31.6 Å². The zero-order chi connectivity index (χ0) is 15.7. The van der Waals surface area contributed by atoms with Gasteiger partial charge in [-0.1, -0.05) is 26.2 Å². The maximum Gasteiger partial charge on any atom is 0.305 e. The number of unbranched alkanes of at least 4 members (excludes halogenated alkanes) is 3. The highest BCUT2D eigenvalue weighted by Gasteiger charge is 2.40. The number of aliphatic hydroxyl groups excluding tert-OH is 2. The summed E-state index contributed by atoms with van der Waals surface area (Å²) in [6.45, 7) is 2.51. The number of hydrogen-bond donors (Lipinski definition) is 2. The Morgan fingerprint density at radius 2 is 1.95 bits per heavy atom. The third-order valence-electron chi connectivity index (χ3n) is 4.32. The van der Waals surface area contributed by atoms with Crippen molar-refractivity contribution >= 4 is 17.6 Å². The molecule has 21 heavy (non-hydrogen) atoms. The monoisotopic (exact) mass is 320 g/mol. The molecule has 0 aromatic heterocycles. The molecule has 1 rings (SSSR count). The molecule has 0 unspecified atom stereocenters. The third kappa shape index (κ3) is 6.54. The summed E-state index contributed by atoms with van der Waals surface area (Å²) in [5.74, 6) is 0.0367. The average Bonchev–Trinajstić information content (AvgIpc) is 2.73. The molecule has 0 radical (unpaired) electrons. The number of aliphatic hydroxyl groups is 2. The second-order valence-corrected chi connectivity index (χ2v) is 6.56. The van der Waals surface area contributed by atoms with Crippen LogP contribution in [-0.2, 0) is 9.53 Å². The number of ether oxygens (including phenoxy) is 1. The lowest BCUT2D eigenvalue weighted by Crippen LogP contribution is -2.24. The van der Waals surface area contributed by atoms with E-state index in [1.165, 1.54) is 0 Å². The Morgan fingerprint density at radius 3 is 2.62 bits per heavy atom. The van der Waals surface area contributed by atoms with Crippen LogP contribution >= 0.6 is 11.6 Å². The lowest BCUT2D eigenvalue weighted by molar-refractivity contribution is -0.143. The molecule has 1 aliphatic rings. The summed E-state index contributed by atoms with van der Waals surface area (Å²) in [6.07, 6.45) is 6.38. The van der Waals surface area contributed by atoms with Crippen LogP contribution in [0, 0.1) is 11.8 Å². The van der Waals surface area contributed by atoms with Crippen LogP contribution in [0.4, 0.5) is 0 Å². The van der Waals surface area contributed by atoms with Gasteiger partial charge in [0.25, 0.3) is 0 Å². The number of esters is 1. The SMILES string of the molecule is CCCOC(=O)CCCCCC[C@@H]1[C@@H](CO)[C@H](O)C[C@H]1Cl. The minimum absolute atomic E-state index is 0.0122. The molecule has 5 heteroatoms. The zero-order valence-electron chi connectivity index (χ0n) is 13.0. The van der Waals surface area contributed by atoms with E-state index in [-0.39, 0.29) is 29.8 Å². The van der Waals surface area contributed by atoms with Gasteiger partial charge < -0.3 is 14.9 Å². The lowest BCUT2D eigenvalue weighted by Gasteiger charge is -2.21. The molecule has 4 nitrogen and oxygen atoms in total. The molecule has 124 valence electrons. The Labute approximate surface area is 132 Å². The minimum Gasteiger partial charge on any atom is -0.466 e. The van der Waals surface area contributed by atoms with Gasteiger partial charge in [0.15, 0.2) is 0 Å². The maximum atomic E-state index is 11.3. The molecule has 0 saturated heterocycles. The van der Waals surface area contributed by atoms with Crippen molar-refractivity contribution in [3.63, 3.8) is 0 Å².